The smallest absolute Gasteiger partial charge is 0.291 e. The number of aliphatic imine (C=N–C) groups is 1. The van der Waals surface area contributed by atoms with E-state index in [9.17, 15) is 0 Å². The van der Waals surface area contributed by atoms with Crippen molar-refractivity contribution in [1.82, 2.24) is 5.32 Å². The summed E-state index contributed by atoms with van der Waals surface area (Å²) in [5.74, 6) is 0. The van der Waals surface area contributed by atoms with E-state index in [2.05, 4.69) is 10.3 Å². The maximum atomic E-state index is 8.36. The molecule has 6 heteroatoms. The Bertz CT molecular complexity index is 103. The Morgan fingerprint density at radius 3 is 2.56 bits per heavy atom. The van der Waals surface area contributed by atoms with Crippen LogP contribution in [-0.4, -0.2) is 29.7 Å². The maximum Gasteiger partial charge on any atom is 0.291 e. The topological polar surface area (TPSA) is 87.8 Å². The lowest BCUT2D eigenvalue weighted by atomic mass is 10.7. The molecule has 1 aliphatic heterocycles. The minimum absolute atomic E-state index is 0.958. The monoisotopic (exact) mass is 133 g/mol. The lowest BCUT2D eigenvalue weighted by molar-refractivity contribution is -0.742. The first-order chi connectivity index (χ1) is 4.23. The lowest BCUT2D eigenvalue weighted by Gasteiger charge is -1.75. The molecule has 6 nitrogen and oxygen atoms in total. The maximum absolute atomic E-state index is 8.36. The van der Waals surface area contributed by atoms with Crippen LogP contribution in [0.4, 0.5) is 0 Å². The van der Waals surface area contributed by atoms with Gasteiger partial charge in [0.15, 0.2) is 0 Å². The summed E-state index contributed by atoms with van der Waals surface area (Å²) in [4.78, 5) is 12.2. The van der Waals surface area contributed by atoms with E-state index in [1.807, 2.05) is 0 Å². The summed E-state index contributed by atoms with van der Waals surface area (Å²) >= 11 is 0. The zero-order valence-electron chi connectivity index (χ0n) is 4.65. The number of rotatable bonds is 0. The molecule has 1 rings (SSSR count). The number of hydrogen-bond acceptors (Lipinski definition) is 4. The predicted octanol–water partition coefficient (Wildman–Crippen LogP) is -0.730. The highest BCUT2D eigenvalue weighted by Gasteiger charge is 1.82. The lowest BCUT2D eigenvalue weighted by Crippen LogP contribution is -2.04. The van der Waals surface area contributed by atoms with Gasteiger partial charge in [-0.25, -0.2) is 0 Å². The van der Waals surface area contributed by atoms with Gasteiger partial charge >= 0.3 is 0 Å². The zero-order chi connectivity index (χ0) is 7.11. The van der Waals surface area contributed by atoms with Gasteiger partial charge in [0.05, 0.1) is 12.9 Å². The van der Waals surface area contributed by atoms with Crippen molar-refractivity contribution in [2.75, 3.05) is 13.1 Å². The molecule has 2 N–H and O–H groups in total. The molecule has 0 aromatic heterocycles. The Morgan fingerprint density at radius 1 is 1.89 bits per heavy atom. The summed E-state index contributed by atoms with van der Waals surface area (Å²) < 4.78 is 0. The van der Waals surface area contributed by atoms with Gasteiger partial charge in [-0.3, -0.25) is 4.99 Å². The van der Waals surface area contributed by atoms with Crippen molar-refractivity contribution in [3.05, 3.63) is 10.1 Å². The molecule has 0 atom stereocenters. The fourth-order valence-corrected chi connectivity index (χ4v) is 0.323. The molecule has 0 radical (unpaired) electrons. The highest BCUT2D eigenvalue weighted by molar-refractivity contribution is 5.56. The van der Waals surface area contributed by atoms with Gasteiger partial charge in [0.1, 0.15) is 0 Å². The summed E-state index contributed by atoms with van der Waals surface area (Å²) in [7, 11) is 0. The van der Waals surface area contributed by atoms with Gasteiger partial charge in [0.2, 0.25) is 0 Å². The molecular formula is C3H7N3O3. The molecule has 0 fully saturated rings. The van der Waals surface area contributed by atoms with E-state index in [-0.39, 0.29) is 0 Å². The Morgan fingerprint density at radius 2 is 2.44 bits per heavy atom. The summed E-state index contributed by atoms with van der Waals surface area (Å²) in [6, 6.07) is 0. The van der Waals surface area contributed by atoms with Gasteiger partial charge in [-0.2, -0.15) is 0 Å². The Balaban J connectivity index is 0.000000148. The first-order valence-corrected chi connectivity index (χ1v) is 2.28. The fraction of sp³-hybridized carbons (Fsp3) is 0.667. The van der Waals surface area contributed by atoms with Crippen LogP contribution in [0.1, 0.15) is 0 Å². The standard InChI is InChI=1S/C3H6N2.HNO3/c1-2-5-3-4-1;2-1(3)4/h3H,1-2H2,(H,4,5);(H,2,3,4). The van der Waals surface area contributed by atoms with Crippen LogP contribution >= 0.6 is 0 Å². The summed E-state index contributed by atoms with van der Waals surface area (Å²) in [5, 5.41) is 16.6. The third kappa shape index (κ3) is 10.8. The van der Waals surface area contributed by atoms with E-state index in [0.29, 0.717) is 0 Å². The average Bonchev–Trinajstić information content (AvgIpc) is 2.11. The van der Waals surface area contributed by atoms with E-state index in [0.717, 1.165) is 13.1 Å². The van der Waals surface area contributed by atoms with E-state index in [4.69, 9.17) is 15.3 Å². The molecule has 0 aromatic carbocycles. The summed E-state index contributed by atoms with van der Waals surface area (Å²) in [6.07, 6.45) is 1.74. The van der Waals surface area contributed by atoms with Gasteiger partial charge in [-0.15, -0.1) is 10.1 Å². The van der Waals surface area contributed by atoms with E-state index in [1.54, 1.807) is 6.34 Å². The summed E-state index contributed by atoms with van der Waals surface area (Å²) in [5.41, 5.74) is 0. The van der Waals surface area contributed by atoms with Gasteiger partial charge in [0, 0.05) is 6.54 Å². The van der Waals surface area contributed by atoms with Crippen LogP contribution in [0.2, 0.25) is 0 Å². The fourth-order valence-electron chi connectivity index (χ4n) is 0.323. The Labute approximate surface area is 51.3 Å². The normalized spacial score (nSPS) is 13.3. The molecule has 0 saturated heterocycles. The first-order valence-electron chi connectivity index (χ1n) is 2.28. The molecule has 0 bridgehead atoms. The predicted molar refractivity (Wildman–Crippen MR) is 30.1 cm³/mol. The average molecular weight is 133 g/mol. The van der Waals surface area contributed by atoms with Crippen molar-refractivity contribution >= 4 is 6.34 Å². The second kappa shape index (κ2) is 4.82. The van der Waals surface area contributed by atoms with Crippen LogP contribution < -0.4 is 5.32 Å². The molecule has 1 aliphatic rings. The van der Waals surface area contributed by atoms with Crippen molar-refractivity contribution in [2.45, 2.75) is 0 Å². The second-order valence-electron chi connectivity index (χ2n) is 1.23. The molecule has 9 heavy (non-hydrogen) atoms. The largest absolute Gasteiger partial charge is 0.375 e. The SMILES string of the molecule is C1=NCCN1.O=[N+]([O-])O. The van der Waals surface area contributed by atoms with E-state index >= 15 is 0 Å². The zero-order valence-corrected chi connectivity index (χ0v) is 4.65. The minimum Gasteiger partial charge on any atom is -0.375 e. The molecule has 0 aliphatic carbocycles. The quantitative estimate of drug-likeness (QED) is 0.337. The van der Waals surface area contributed by atoms with Crippen LogP contribution in [0.25, 0.3) is 0 Å². The minimum atomic E-state index is -1.50. The van der Waals surface area contributed by atoms with Gasteiger partial charge in [0.25, 0.3) is 5.09 Å². The van der Waals surface area contributed by atoms with Crippen molar-refractivity contribution in [3.8, 4) is 0 Å². The van der Waals surface area contributed by atoms with Gasteiger partial charge in [-0.1, -0.05) is 0 Å². The highest BCUT2D eigenvalue weighted by Crippen LogP contribution is 1.68. The van der Waals surface area contributed by atoms with Gasteiger partial charge < -0.3 is 10.5 Å². The molecular weight excluding hydrogens is 126 g/mol. The van der Waals surface area contributed by atoms with Crippen LogP contribution in [-0.2, 0) is 0 Å². The third-order valence-corrected chi connectivity index (χ3v) is 0.568. The van der Waals surface area contributed by atoms with Crippen molar-refractivity contribution in [3.63, 3.8) is 0 Å². The molecule has 0 spiro atoms. The number of nitrogens with one attached hydrogen (secondary N) is 1. The number of nitrogens with zero attached hydrogens (tertiary/aromatic N) is 2. The Hall–Kier alpha value is -1.33. The van der Waals surface area contributed by atoms with Crippen molar-refractivity contribution in [1.29, 1.82) is 0 Å². The third-order valence-electron chi connectivity index (χ3n) is 0.568. The molecule has 52 valence electrons. The van der Waals surface area contributed by atoms with Crippen LogP contribution in [0.3, 0.4) is 0 Å². The molecule has 1 heterocycles. The first kappa shape index (κ1) is 7.67. The Kier molecular flexibility index (Phi) is 4.11. The van der Waals surface area contributed by atoms with E-state index < -0.39 is 5.09 Å². The van der Waals surface area contributed by atoms with Crippen LogP contribution in [0.15, 0.2) is 4.99 Å². The van der Waals surface area contributed by atoms with E-state index in [1.165, 1.54) is 0 Å². The molecule has 0 amide bonds. The van der Waals surface area contributed by atoms with Gasteiger partial charge in [-0.05, 0) is 0 Å². The second-order valence-corrected chi connectivity index (χ2v) is 1.23. The van der Waals surface area contributed by atoms with Crippen molar-refractivity contribution < 1.29 is 10.3 Å². The van der Waals surface area contributed by atoms with Crippen molar-refractivity contribution in [2.24, 2.45) is 4.99 Å². The molecule has 0 aromatic rings. The summed E-state index contributed by atoms with van der Waals surface area (Å²) in [6.45, 7) is 1.99. The van der Waals surface area contributed by atoms with Crippen LogP contribution in [0.5, 0.6) is 0 Å². The molecule has 0 saturated carbocycles. The highest BCUT2D eigenvalue weighted by atomic mass is 16.9. The van der Waals surface area contributed by atoms with Crippen LogP contribution in [0, 0.1) is 10.1 Å². The number of hydrogen-bond donors (Lipinski definition) is 2. The molecule has 0 unspecified atom stereocenters.